The normalized spacial score (nSPS) is 25.8. The molecule has 1 amide bonds. The molecule has 0 aliphatic carbocycles. The molecular formula is C12H22BrNO3. The first-order valence-electron chi connectivity index (χ1n) is 6.19. The molecule has 1 aliphatic rings. The van der Waals surface area contributed by atoms with Crippen molar-refractivity contribution >= 4 is 21.8 Å². The molecule has 4 nitrogen and oxygen atoms in total. The predicted molar refractivity (Wildman–Crippen MR) is 70.4 cm³/mol. The second kappa shape index (κ2) is 8.06. The summed E-state index contributed by atoms with van der Waals surface area (Å²) in [6.07, 6.45) is 2.69. The Morgan fingerprint density at radius 1 is 1.65 bits per heavy atom. The standard InChI is InChI=1S/C12H22BrNO3/c1-3-11-10(5-7-17-11)12(15)14-9(4-6-13)8-16-2/h9-11H,3-8H2,1-2H3,(H,14,15). The summed E-state index contributed by atoms with van der Waals surface area (Å²) >= 11 is 3.39. The van der Waals surface area contributed by atoms with E-state index in [0.717, 1.165) is 24.6 Å². The Bertz CT molecular complexity index is 232. The van der Waals surface area contributed by atoms with Gasteiger partial charge in [-0.2, -0.15) is 0 Å². The van der Waals surface area contributed by atoms with Crippen molar-refractivity contribution in [3.8, 4) is 0 Å². The van der Waals surface area contributed by atoms with Crippen molar-refractivity contribution in [2.75, 3.05) is 25.7 Å². The first kappa shape index (κ1) is 14.9. The summed E-state index contributed by atoms with van der Waals surface area (Å²) in [7, 11) is 1.65. The highest BCUT2D eigenvalue weighted by molar-refractivity contribution is 9.09. The number of nitrogens with one attached hydrogen (secondary N) is 1. The second-order valence-electron chi connectivity index (χ2n) is 4.35. The minimum absolute atomic E-state index is 0.00896. The molecule has 1 saturated heterocycles. The Balaban J connectivity index is 2.45. The lowest BCUT2D eigenvalue weighted by Gasteiger charge is -2.21. The molecule has 0 aromatic heterocycles. The number of hydrogen-bond donors (Lipinski definition) is 1. The van der Waals surface area contributed by atoms with E-state index in [-0.39, 0.29) is 24.0 Å². The van der Waals surface area contributed by atoms with Gasteiger partial charge in [-0.1, -0.05) is 22.9 Å². The molecule has 1 aliphatic heterocycles. The van der Waals surface area contributed by atoms with E-state index in [1.807, 2.05) is 0 Å². The van der Waals surface area contributed by atoms with Crippen molar-refractivity contribution in [3.63, 3.8) is 0 Å². The maximum absolute atomic E-state index is 12.1. The van der Waals surface area contributed by atoms with Crippen molar-refractivity contribution in [1.29, 1.82) is 0 Å². The Hall–Kier alpha value is -0.130. The molecule has 1 rings (SSSR count). The van der Waals surface area contributed by atoms with E-state index in [1.165, 1.54) is 0 Å². The highest BCUT2D eigenvalue weighted by Gasteiger charge is 2.33. The molecule has 0 aromatic carbocycles. The molecule has 1 fully saturated rings. The number of alkyl halides is 1. The van der Waals surface area contributed by atoms with Gasteiger partial charge < -0.3 is 14.8 Å². The number of rotatable bonds is 7. The van der Waals surface area contributed by atoms with Gasteiger partial charge in [-0.25, -0.2) is 0 Å². The topological polar surface area (TPSA) is 47.6 Å². The average molecular weight is 308 g/mol. The number of carbonyl (C=O) groups excluding carboxylic acids is 1. The molecule has 0 radical (unpaired) electrons. The van der Waals surface area contributed by atoms with Crippen LogP contribution in [0.1, 0.15) is 26.2 Å². The van der Waals surface area contributed by atoms with Gasteiger partial charge >= 0.3 is 0 Å². The smallest absolute Gasteiger partial charge is 0.226 e. The SMILES string of the molecule is CCC1OCCC1C(=O)NC(CCBr)COC. The van der Waals surface area contributed by atoms with Crippen LogP contribution in [0.4, 0.5) is 0 Å². The summed E-state index contributed by atoms with van der Waals surface area (Å²) in [5.41, 5.74) is 0. The van der Waals surface area contributed by atoms with Crippen LogP contribution in [0.15, 0.2) is 0 Å². The maximum atomic E-state index is 12.1. The van der Waals surface area contributed by atoms with Gasteiger partial charge in [0, 0.05) is 19.0 Å². The number of amides is 1. The fraction of sp³-hybridized carbons (Fsp3) is 0.917. The van der Waals surface area contributed by atoms with Gasteiger partial charge in [0.2, 0.25) is 5.91 Å². The average Bonchev–Trinajstić information content (AvgIpc) is 2.77. The Morgan fingerprint density at radius 3 is 3.00 bits per heavy atom. The van der Waals surface area contributed by atoms with Gasteiger partial charge in [-0.15, -0.1) is 0 Å². The second-order valence-corrected chi connectivity index (χ2v) is 5.14. The molecule has 0 spiro atoms. The van der Waals surface area contributed by atoms with Crippen molar-refractivity contribution in [3.05, 3.63) is 0 Å². The molecule has 0 saturated carbocycles. The number of hydrogen-bond acceptors (Lipinski definition) is 3. The molecule has 5 heteroatoms. The van der Waals surface area contributed by atoms with Crippen molar-refractivity contribution in [2.24, 2.45) is 5.92 Å². The molecule has 0 bridgehead atoms. The van der Waals surface area contributed by atoms with E-state index < -0.39 is 0 Å². The van der Waals surface area contributed by atoms with Gasteiger partial charge in [0.25, 0.3) is 0 Å². The van der Waals surface area contributed by atoms with Crippen LogP contribution < -0.4 is 5.32 Å². The molecule has 17 heavy (non-hydrogen) atoms. The first-order chi connectivity index (χ1) is 8.22. The monoisotopic (exact) mass is 307 g/mol. The highest BCUT2D eigenvalue weighted by atomic mass is 79.9. The van der Waals surface area contributed by atoms with Gasteiger partial charge in [0.05, 0.1) is 24.7 Å². The Kier molecular flexibility index (Phi) is 7.08. The van der Waals surface area contributed by atoms with Crippen LogP contribution >= 0.6 is 15.9 Å². The lowest BCUT2D eigenvalue weighted by atomic mass is 9.98. The van der Waals surface area contributed by atoms with E-state index in [1.54, 1.807) is 7.11 Å². The maximum Gasteiger partial charge on any atom is 0.226 e. The van der Waals surface area contributed by atoms with Crippen LogP contribution in [0.2, 0.25) is 0 Å². The molecule has 3 atom stereocenters. The summed E-state index contributed by atoms with van der Waals surface area (Å²) in [6.45, 7) is 3.31. The fourth-order valence-corrected chi connectivity index (χ4v) is 2.74. The quantitative estimate of drug-likeness (QED) is 0.729. The van der Waals surface area contributed by atoms with Gasteiger partial charge in [-0.05, 0) is 19.3 Å². The zero-order valence-corrected chi connectivity index (χ0v) is 12.2. The van der Waals surface area contributed by atoms with Crippen LogP contribution in [-0.2, 0) is 14.3 Å². The molecule has 100 valence electrons. The van der Waals surface area contributed by atoms with Crippen LogP contribution in [0.5, 0.6) is 0 Å². The summed E-state index contributed by atoms with van der Waals surface area (Å²) in [5, 5.41) is 3.91. The number of halogens is 1. The Morgan fingerprint density at radius 2 is 2.41 bits per heavy atom. The van der Waals surface area contributed by atoms with Crippen LogP contribution in [0, 0.1) is 5.92 Å². The number of carbonyl (C=O) groups is 1. The molecule has 0 aromatic rings. The summed E-state index contributed by atoms with van der Waals surface area (Å²) in [4.78, 5) is 12.1. The van der Waals surface area contributed by atoms with Crippen LogP contribution in [-0.4, -0.2) is 43.7 Å². The van der Waals surface area contributed by atoms with Crippen LogP contribution in [0.3, 0.4) is 0 Å². The lowest BCUT2D eigenvalue weighted by Crippen LogP contribution is -2.43. The third kappa shape index (κ3) is 4.56. The van der Waals surface area contributed by atoms with E-state index in [0.29, 0.717) is 13.2 Å². The van der Waals surface area contributed by atoms with E-state index in [9.17, 15) is 4.79 Å². The van der Waals surface area contributed by atoms with Gasteiger partial charge in [-0.3, -0.25) is 4.79 Å². The Labute approximate surface area is 112 Å². The summed E-state index contributed by atoms with van der Waals surface area (Å²) in [5.74, 6) is 0.118. The third-order valence-corrected chi connectivity index (χ3v) is 3.58. The minimum Gasteiger partial charge on any atom is -0.383 e. The molecule has 3 unspecified atom stereocenters. The van der Waals surface area contributed by atoms with E-state index in [2.05, 4.69) is 28.2 Å². The van der Waals surface area contributed by atoms with Crippen molar-refractivity contribution in [2.45, 2.75) is 38.3 Å². The fourth-order valence-electron chi connectivity index (χ4n) is 2.19. The van der Waals surface area contributed by atoms with Crippen molar-refractivity contribution < 1.29 is 14.3 Å². The lowest BCUT2D eigenvalue weighted by molar-refractivity contribution is -0.127. The first-order valence-corrected chi connectivity index (χ1v) is 7.31. The minimum atomic E-state index is 0.00896. The van der Waals surface area contributed by atoms with Crippen LogP contribution in [0.25, 0.3) is 0 Å². The molecule has 1 heterocycles. The van der Waals surface area contributed by atoms with Gasteiger partial charge in [0.15, 0.2) is 0 Å². The molecular weight excluding hydrogens is 286 g/mol. The summed E-state index contributed by atoms with van der Waals surface area (Å²) < 4.78 is 10.6. The number of ether oxygens (including phenoxy) is 2. The van der Waals surface area contributed by atoms with Crippen molar-refractivity contribution in [1.82, 2.24) is 5.32 Å². The van der Waals surface area contributed by atoms with E-state index >= 15 is 0 Å². The highest BCUT2D eigenvalue weighted by Crippen LogP contribution is 2.23. The summed E-state index contributed by atoms with van der Waals surface area (Å²) in [6, 6.07) is 0.0879. The number of methoxy groups -OCH3 is 1. The third-order valence-electron chi connectivity index (χ3n) is 3.12. The largest absolute Gasteiger partial charge is 0.383 e. The zero-order valence-electron chi connectivity index (χ0n) is 10.6. The zero-order chi connectivity index (χ0) is 12.7. The van der Waals surface area contributed by atoms with E-state index in [4.69, 9.17) is 9.47 Å². The predicted octanol–water partition coefficient (Wildman–Crippen LogP) is 1.72. The van der Waals surface area contributed by atoms with Gasteiger partial charge in [0.1, 0.15) is 0 Å². The molecule has 1 N–H and O–H groups in total.